The van der Waals surface area contributed by atoms with Gasteiger partial charge in [0.25, 0.3) is 0 Å². The van der Waals surface area contributed by atoms with Gasteiger partial charge in [-0.1, -0.05) is 0 Å². The molecule has 0 saturated heterocycles. The normalized spacial score (nSPS) is 7.50. The Morgan fingerprint density at radius 2 is 2.25 bits per heavy atom. The van der Waals surface area contributed by atoms with Crippen molar-refractivity contribution in [3.63, 3.8) is 0 Å². The zero-order valence-electron chi connectivity index (χ0n) is 1.93. The fourth-order valence-corrected chi connectivity index (χ4v) is 0. The second-order valence-corrected chi connectivity index (χ2v) is 0.392. The van der Waals surface area contributed by atoms with Crippen molar-refractivity contribution in [1.29, 1.82) is 0 Å². The maximum absolute atomic E-state index is 4.48. The van der Waals surface area contributed by atoms with Crippen LogP contribution in [0.25, 0.3) is 0 Å². The Morgan fingerprint density at radius 3 is 2.25 bits per heavy atom. The van der Waals surface area contributed by atoms with Crippen molar-refractivity contribution in [2.24, 2.45) is 5.84 Å². The van der Waals surface area contributed by atoms with Crippen LogP contribution in [0, 0.1) is 0 Å². The van der Waals surface area contributed by atoms with Crippen LogP contribution in [0.15, 0.2) is 0 Å². The van der Waals surface area contributed by atoms with Gasteiger partial charge in [0.15, 0.2) is 0 Å². The summed E-state index contributed by atoms with van der Waals surface area (Å²) in [4.78, 5) is 0. The molecular weight excluding hydrogens is 76.1 g/mol. The van der Waals surface area contributed by atoms with E-state index in [1.165, 1.54) is 0 Å². The molecule has 0 atom stereocenters. The van der Waals surface area contributed by atoms with Gasteiger partial charge in [-0.05, 0) is 0 Å². The van der Waals surface area contributed by atoms with E-state index in [-0.39, 0.29) is 0 Å². The van der Waals surface area contributed by atoms with Crippen molar-refractivity contribution in [3.05, 3.63) is 0 Å². The summed E-state index contributed by atoms with van der Waals surface area (Å²) in [5.41, 5.74) is 1.79. The fourth-order valence-electron chi connectivity index (χ4n) is 0. The van der Waals surface area contributed by atoms with Gasteiger partial charge in [-0.25, -0.2) is 10.1 Å². The van der Waals surface area contributed by atoms with Crippen molar-refractivity contribution in [3.8, 4) is 0 Å². The first-order chi connectivity index (χ1) is 1.91. The molecule has 0 aromatic carbocycles. The Hall–Kier alpha value is 0.230. The van der Waals surface area contributed by atoms with Crippen molar-refractivity contribution in [1.82, 2.24) is 5.59 Å². The molecule has 0 fully saturated rings. The van der Waals surface area contributed by atoms with E-state index in [9.17, 15) is 0 Å². The summed E-state index contributed by atoms with van der Waals surface area (Å²) in [5.74, 6) is 4.48. The fraction of sp³-hybridized carbons (Fsp3) is 0. The van der Waals surface area contributed by atoms with Gasteiger partial charge in [0.2, 0.25) is 0 Å². The molecule has 0 rings (SSSR count). The Kier molecular flexibility index (Phi) is 3.42. The zero-order chi connectivity index (χ0) is 3.41. The predicted molar refractivity (Wildman–Crippen MR) is 17.4 cm³/mol. The van der Waals surface area contributed by atoms with E-state index in [4.69, 9.17) is 0 Å². The number of rotatable bonds is 1. The molecule has 0 radical (unpaired) electrons. The van der Waals surface area contributed by atoms with Crippen LogP contribution in [-0.4, -0.2) is 0 Å². The number of hydrogen-bond acceptors (Lipinski definition) is 4. The van der Waals surface area contributed by atoms with Crippen LogP contribution in [0.2, 0.25) is 0 Å². The SMILES string of the molecule is NNOS. The molecular formula is H4N2OS. The third-order valence-electron chi connectivity index (χ3n) is 0.0527. The standard InChI is InChI=1S/H4N2OS/c1-2-3-4/h2,4H,1H2. The highest BCUT2D eigenvalue weighted by Gasteiger charge is 1.46. The molecule has 3 N–H and O–H groups in total. The van der Waals surface area contributed by atoms with E-state index in [2.05, 4.69) is 23.0 Å². The molecule has 0 saturated carbocycles. The van der Waals surface area contributed by atoms with Crippen LogP contribution in [-0.2, 0) is 4.28 Å². The van der Waals surface area contributed by atoms with Crippen LogP contribution >= 0.6 is 12.9 Å². The third kappa shape index (κ3) is 2.23. The summed E-state index contributed by atoms with van der Waals surface area (Å²) in [7, 11) is 0. The first kappa shape index (κ1) is 4.23. The molecule has 4 heteroatoms. The molecule has 0 aliphatic carbocycles. The summed E-state index contributed by atoms with van der Waals surface area (Å²) in [6.07, 6.45) is 0. The molecule has 0 spiro atoms. The van der Waals surface area contributed by atoms with Crippen molar-refractivity contribution in [2.75, 3.05) is 0 Å². The molecule has 0 aliphatic heterocycles. The second-order valence-electron chi connectivity index (χ2n) is 0.209. The summed E-state index contributed by atoms with van der Waals surface area (Å²) >= 11 is 3.18. The topological polar surface area (TPSA) is 47.3 Å². The second kappa shape index (κ2) is 3.23. The Labute approximate surface area is 29.7 Å². The highest BCUT2D eigenvalue weighted by atomic mass is 32.1. The average Bonchev–Trinajstić information content (AvgIpc) is 1.37. The maximum atomic E-state index is 4.48. The maximum Gasteiger partial charge on any atom is 0.000718 e. The summed E-state index contributed by atoms with van der Waals surface area (Å²) in [6, 6.07) is 0. The van der Waals surface area contributed by atoms with Gasteiger partial charge in [-0.2, -0.15) is 0 Å². The lowest BCUT2D eigenvalue weighted by atomic mass is 12.8. The van der Waals surface area contributed by atoms with E-state index >= 15 is 0 Å². The van der Waals surface area contributed by atoms with Crippen molar-refractivity contribution in [2.45, 2.75) is 0 Å². The van der Waals surface area contributed by atoms with Gasteiger partial charge < -0.3 is 0 Å². The molecule has 0 bridgehead atoms. The molecule has 0 heterocycles. The van der Waals surface area contributed by atoms with Crippen molar-refractivity contribution >= 4 is 12.9 Å². The van der Waals surface area contributed by atoms with E-state index in [1.54, 1.807) is 5.59 Å². The van der Waals surface area contributed by atoms with Gasteiger partial charge in [0.1, 0.15) is 0 Å². The molecule has 0 aromatic rings. The molecule has 4 heavy (non-hydrogen) atoms. The Balaban J connectivity index is 1.97. The van der Waals surface area contributed by atoms with Crippen molar-refractivity contribution < 1.29 is 4.28 Å². The van der Waals surface area contributed by atoms with Crippen LogP contribution in [0.5, 0.6) is 0 Å². The quantitative estimate of drug-likeness (QED) is 0.168. The minimum atomic E-state index is 1.79. The first-order valence-corrected chi connectivity index (χ1v) is 1.04. The van der Waals surface area contributed by atoms with Crippen LogP contribution < -0.4 is 11.4 Å². The van der Waals surface area contributed by atoms with Gasteiger partial charge >= 0.3 is 0 Å². The number of nitrogens with two attached hydrogens (primary N) is 1. The Bertz CT molecular complexity index is 8.00. The molecule has 0 amide bonds. The summed E-state index contributed by atoms with van der Waals surface area (Å²) in [6.45, 7) is 0. The minimum absolute atomic E-state index is 1.79. The smallest absolute Gasteiger partial charge is 0.000718 e. The summed E-state index contributed by atoms with van der Waals surface area (Å²) in [5, 5.41) is 0. The summed E-state index contributed by atoms with van der Waals surface area (Å²) < 4.78 is 3.76. The first-order valence-electron chi connectivity index (χ1n) is 0.675. The van der Waals surface area contributed by atoms with Gasteiger partial charge in [0.05, 0.1) is 0 Å². The lowest BCUT2D eigenvalue weighted by Gasteiger charge is -1.78. The minimum Gasteiger partial charge on any atom is -0.247 e. The number of hydrazine groups is 1. The monoisotopic (exact) mass is 80.0 g/mol. The van der Waals surface area contributed by atoms with Crippen LogP contribution in [0.4, 0.5) is 0 Å². The highest BCUT2D eigenvalue weighted by molar-refractivity contribution is 7.75. The molecule has 0 unspecified atom stereocenters. The van der Waals surface area contributed by atoms with Crippen LogP contribution in [0.3, 0.4) is 0 Å². The molecule has 3 nitrogen and oxygen atoms in total. The molecule has 0 aliphatic rings. The van der Waals surface area contributed by atoms with E-state index < -0.39 is 0 Å². The lowest BCUT2D eigenvalue weighted by Crippen LogP contribution is -2.16. The van der Waals surface area contributed by atoms with Gasteiger partial charge in [-0.15, -0.1) is 5.59 Å². The largest absolute Gasteiger partial charge is 0.247 e. The highest BCUT2D eigenvalue weighted by Crippen LogP contribution is 1.56. The number of thiol groups is 1. The Morgan fingerprint density at radius 1 is 2.00 bits per heavy atom. The van der Waals surface area contributed by atoms with Crippen LogP contribution in [0.1, 0.15) is 0 Å². The number of hydrogen-bond donors (Lipinski definition) is 3. The van der Waals surface area contributed by atoms with Gasteiger partial charge in [0, 0.05) is 12.9 Å². The third-order valence-corrected chi connectivity index (χ3v) is 0.158. The zero-order valence-corrected chi connectivity index (χ0v) is 2.83. The lowest BCUT2D eigenvalue weighted by molar-refractivity contribution is 0.249. The van der Waals surface area contributed by atoms with E-state index in [0.717, 1.165) is 0 Å². The van der Waals surface area contributed by atoms with E-state index in [1.807, 2.05) is 0 Å². The molecule has 26 valence electrons. The van der Waals surface area contributed by atoms with E-state index in [0.29, 0.717) is 0 Å². The number of nitrogens with one attached hydrogen (secondary N) is 1. The molecule has 0 aromatic heterocycles. The van der Waals surface area contributed by atoms with Gasteiger partial charge in [-0.3, -0.25) is 0 Å². The average molecular weight is 80.1 g/mol. The predicted octanol–water partition coefficient (Wildman–Crippen LogP) is -0.774.